The number of nitrogen functional groups attached to an aromatic ring is 1. The van der Waals surface area contributed by atoms with Gasteiger partial charge in [0, 0.05) is 16.8 Å². The molecule has 0 heterocycles. The van der Waals surface area contributed by atoms with Crippen molar-refractivity contribution in [1.29, 1.82) is 0 Å². The highest BCUT2D eigenvalue weighted by molar-refractivity contribution is 6.06. The van der Waals surface area contributed by atoms with E-state index in [1.165, 1.54) is 0 Å². The van der Waals surface area contributed by atoms with Crippen LogP contribution < -0.4 is 24.7 Å². The predicted molar refractivity (Wildman–Crippen MR) is 159 cm³/mol. The first kappa shape index (κ1) is 25.7. The van der Waals surface area contributed by atoms with Crippen molar-refractivity contribution in [2.24, 2.45) is 0 Å². The molecule has 0 amide bonds. The van der Waals surface area contributed by atoms with Gasteiger partial charge in [0.15, 0.2) is 0 Å². The Morgan fingerprint density at radius 3 is 1.05 bits per heavy atom. The van der Waals surface area contributed by atoms with Gasteiger partial charge in [-0.15, -0.1) is 0 Å². The van der Waals surface area contributed by atoms with E-state index in [1.807, 2.05) is 60.7 Å². The maximum atomic E-state index is 6.90. The van der Waals surface area contributed by atoms with E-state index in [9.17, 15) is 0 Å². The van der Waals surface area contributed by atoms with Crippen LogP contribution in [-0.2, 0) is 0 Å². The quantitative estimate of drug-likeness (QED) is 0.212. The number of benzene rings is 5. The van der Waals surface area contributed by atoms with Crippen LogP contribution in [0.15, 0.2) is 103 Å². The van der Waals surface area contributed by atoms with Gasteiger partial charge in [-0.1, -0.05) is 48.5 Å². The fraction of sp³-hybridized carbons (Fsp3) is 0.118. The molecule has 2 N–H and O–H groups in total. The first-order valence-electron chi connectivity index (χ1n) is 12.6. The maximum absolute atomic E-state index is 6.90. The molecule has 39 heavy (non-hydrogen) atoms. The van der Waals surface area contributed by atoms with Gasteiger partial charge in [-0.2, -0.15) is 0 Å². The van der Waals surface area contributed by atoms with Crippen LogP contribution in [0.2, 0.25) is 0 Å². The van der Waals surface area contributed by atoms with Crippen LogP contribution in [0.3, 0.4) is 0 Å². The number of ether oxygens (including phenoxy) is 4. The summed E-state index contributed by atoms with van der Waals surface area (Å²) < 4.78 is 21.8. The molecule has 5 nitrogen and oxygen atoms in total. The monoisotopic (exact) mass is 517 g/mol. The molecule has 0 fully saturated rings. The topological polar surface area (TPSA) is 62.9 Å². The maximum Gasteiger partial charge on any atom is 0.118 e. The van der Waals surface area contributed by atoms with E-state index in [4.69, 9.17) is 24.7 Å². The number of nitrogens with two attached hydrogens (primary N) is 1. The Kier molecular flexibility index (Phi) is 7.41. The molecule has 0 spiro atoms. The van der Waals surface area contributed by atoms with E-state index in [1.54, 1.807) is 28.4 Å². The van der Waals surface area contributed by atoms with E-state index >= 15 is 0 Å². The van der Waals surface area contributed by atoms with Crippen LogP contribution >= 0.6 is 0 Å². The first-order chi connectivity index (χ1) is 19.1. The molecule has 196 valence electrons. The Bertz CT molecular complexity index is 1560. The van der Waals surface area contributed by atoms with Crippen LogP contribution in [-0.4, -0.2) is 28.4 Å². The van der Waals surface area contributed by atoms with Gasteiger partial charge in [-0.05, 0) is 88.0 Å². The Balaban J connectivity index is 1.88. The normalized spacial score (nSPS) is 10.7. The van der Waals surface area contributed by atoms with Gasteiger partial charge in [-0.25, -0.2) is 0 Å². The van der Waals surface area contributed by atoms with Crippen molar-refractivity contribution in [3.63, 3.8) is 0 Å². The van der Waals surface area contributed by atoms with Gasteiger partial charge in [0.05, 0.1) is 28.4 Å². The number of hydrogen-bond acceptors (Lipinski definition) is 5. The summed E-state index contributed by atoms with van der Waals surface area (Å²) in [7, 11) is 6.67. The standard InChI is InChI=1S/C34H31NO4/c1-36-26-13-5-22(6-14-26)30-21-31(35)33(24-9-17-28(38-3)18-10-24)34(25-11-19-29(39-4)20-12-25)32(30)23-7-15-27(37-2)16-8-23/h5-21H,35H2,1-4H3. The average Bonchev–Trinajstić information content (AvgIpc) is 3.01. The minimum atomic E-state index is 0.675. The number of rotatable bonds is 8. The van der Waals surface area contributed by atoms with Gasteiger partial charge < -0.3 is 24.7 Å². The molecule has 5 aromatic carbocycles. The third kappa shape index (κ3) is 5.12. The van der Waals surface area contributed by atoms with Crippen LogP contribution in [0, 0.1) is 0 Å². The van der Waals surface area contributed by atoms with Gasteiger partial charge in [0.2, 0.25) is 0 Å². The minimum absolute atomic E-state index is 0.675. The number of methoxy groups -OCH3 is 4. The smallest absolute Gasteiger partial charge is 0.118 e. The summed E-state index contributed by atoms with van der Waals surface area (Å²) in [5.74, 6) is 3.16. The van der Waals surface area contributed by atoms with Crippen LogP contribution in [0.4, 0.5) is 5.69 Å². The lowest BCUT2D eigenvalue weighted by atomic mass is 9.82. The minimum Gasteiger partial charge on any atom is -0.497 e. The second-order valence-electron chi connectivity index (χ2n) is 9.05. The Labute approximate surface area is 229 Å². The van der Waals surface area contributed by atoms with Gasteiger partial charge in [0.25, 0.3) is 0 Å². The average molecular weight is 518 g/mol. The molecule has 0 saturated heterocycles. The summed E-state index contributed by atoms with van der Waals surface area (Å²) >= 11 is 0. The second kappa shape index (κ2) is 11.2. The third-order valence-corrected chi connectivity index (χ3v) is 6.89. The summed E-state index contributed by atoms with van der Waals surface area (Å²) in [4.78, 5) is 0. The zero-order valence-electron chi connectivity index (χ0n) is 22.5. The fourth-order valence-corrected chi connectivity index (χ4v) is 4.87. The summed E-state index contributed by atoms with van der Waals surface area (Å²) in [5.41, 5.74) is 15.7. The fourth-order valence-electron chi connectivity index (χ4n) is 4.87. The largest absolute Gasteiger partial charge is 0.497 e. The van der Waals surface area contributed by atoms with Crippen LogP contribution in [0.25, 0.3) is 44.5 Å². The molecule has 0 unspecified atom stereocenters. The summed E-state index contributed by atoms with van der Waals surface area (Å²) in [6.07, 6.45) is 0. The second-order valence-corrected chi connectivity index (χ2v) is 9.05. The first-order valence-corrected chi connectivity index (χ1v) is 12.6. The SMILES string of the molecule is COc1ccc(-c2cc(N)c(-c3ccc(OC)cc3)c(-c3ccc(OC)cc3)c2-c2ccc(OC)cc2)cc1. The lowest BCUT2D eigenvalue weighted by Gasteiger charge is -2.23. The van der Waals surface area contributed by atoms with Gasteiger partial charge >= 0.3 is 0 Å². The van der Waals surface area contributed by atoms with E-state index in [2.05, 4.69) is 42.5 Å². The molecule has 0 saturated carbocycles. The van der Waals surface area contributed by atoms with Crippen LogP contribution in [0.1, 0.15) is 0 Å². The van der Waals surface area contributed by atoms with Crippen molar-refractivity contribution in [3.05, 3.63) is 103 Å². The molecule has 0 aliphatic rings. The lowest BCUT2D eigenvalue weighted by molar-refractivity contribution is 0.414. The Morgan fingerprint density at radius 1 is 0.385 bits per heavy atom. The zero-order valence-corrected chi connectivity index (χ0v) is 22.5. The van der Waals surface area contributed by atoms with E-state index in [0.717, 1.165) is 67.5 Å². The molecule has 0 aromatic heterocycles. The van der Waals surface area contributed by atoms with Crippen molar-refractivity contribution < 1.29 is 18.9 Å². The van der Waals surface area contributed by atoms with Crippen molar-refractivity contribution in [1.82, 2.24) is 0 Å². The van der Waals surface area contributed by atoms with Crippen LogP contribution in [0.5, 0.6) is 23.0 Å². The summed E-state index contributed by atoms with van der Waals surface area (Å²) in [5, 5.41) is 0. The van der Waals surface area contributed by atoms with E-state index < -0.39 is 0 Å². The van der Waals surface area contributed by atoms with Crippen molar-refractivity contribution in [2.45, 2.75) is 0 Å². The highest BCUT2D eigenvalue weighted by atomic mass is 16.5. The Morgan fingerprint density at radius 2 is 0.692 bits per heavy atom. The van der Waals surface area contributed by atoms with Gasteiger partial charge in [0.1, 0.15) is 23.0 Å². The number of anilines is 1. The van der Waals surface area contributed by atoms with Gasteiger partial charge in [-0.3, -0.25) is 0 Å². The number of hydrogen-bond donors (Lipinski definition) is 1. The molecule has 5 aromatic rings. The predicted octanol–water partition coefficient (Wildman–Crippen LogP) is 7.97. The molecule has 0 bridgehead atoms. The highest BCUT2D eigenvalue weighted by Crippen LogP contribution is 2.49. The molecular weight excluding hydrogens is 486 g/mol. The van der Waals surface area contributed by atoms with Crippen molar-refractivity contribution >= 4 is 5.69 Å². The van der Waals surface area contributed by atoms with Crippen molar-refractivity contribution in [3.8, 4) is 67.5 Å². The highest BCUT2D eigenvalue weighted by Gasteiger charge is 2.22. The van der Waals surface area contributed by atoms with Crippen molar-refractivity contribution in [2.75, 3.05) is 34.2 Å². The molecule has 5 rings (SSSR count). The van der Waals surface area contributed by atoms with E-state index in [-0.39, 0.29) is 0 Å². The lowest BCUT2D eigenvalue weighted by Crippen LogP contribution is -2.00. The zero-order chi connectivity index (χ0) is 27.4. The molecule has 0 radical (unpaired) electrons. The molecule has 0 aliphatic carbocycles. The molecule has 0 atom stereocenters. The molecule has 0 aliphatic heterocycles. The Hall–Kier alpha value is -4.90. The summed E-state index contributed by atoms with van der Waals surface area (Å²) in [6.45, 7) is 0. The molecular formula is C34H31NO4. The van der Waals surface area contributed by atoms with E-state index in [0.29, 0.717) is 5.69 Å². The summed E-state index contributed by atoms with van der Waals surface area (Å²) in [6, 6.07) is 34.3. The third-order valence-electron chi connectivity index (χ3n) is 6.89. The molecule has 5 heteroatoms.